The lowest BCUT2D eigenvalue weighted by molar-refractivity contribution is -0.140. The van der Waals surface area contributed by atoms with E-state index in [-0.39, 0.29) is 5.97 Å². The fraction of sp³-hybridized carbons (Fsp3) is 0.545. The first-order valence-corrected chi connectivity index (χ1v) is 4.72. The lowest BCUT2D eigenvalue weighted by Gasteiger charge is -2.07. The molecule has 0 saturated carbocycles. The molecule has 0 unspecified atom stereocenters. The van der Waals surface area contributed by atoms with Gasteiger partial charge in [-0.2, -0.15) is 0 Å². The predicted molar refractivity (Wildman–Crippen MR) is 52.3 cm³/mol. The Morgan fingerprint density at radius 2 is 2.38 bits per heavy atom. The van der Waals surface area contributed by atoms with Crippen LogP contribution in [0.1, 0.15) is 32.1 Å². The average molecular weight is 180 g/mol. The van der Waals surface area contributed by atoms with Gasteiger partial charge in [-0.15, -0.1) is 0 Å². The molecule has 0 aromatic carbocycles. The molecule has 0 saturated heterocycles. The van der Waals surface area contributed by atoms with Crippen LogP contribution in [-0.4, -0.2) is 13.1 Å². The van der Waals surface area contributed by atoms with Crippen LogP contribution in [0.3, 0.4) is 0 Å². The molecule has 0 aromatic heterocycles. The zero-order chi connectivity index (χ0) is 9.52. The Kier molecular flexibility index (Phi) is 4.30. The summed E-state index contributed by atoms with van der Waals surface area (Å²) in [4.78, 5) is 10.8. The second-order valence-electron chi connectivity index (χ2n) is 3.20. The summed E-state index contributed by atoms with van der Waals surface area (Å²) in [6, 6.07) is 0. The molecule has 0 aliphatic heterocycles. The van der Waals surface area contributed by atoms with Crippen LogP contribution >= 0.6 is 0 Å². The molecule has 13 heavy (non-hydrogen) atoms. The van der Waals surface area contributed by atoms with Crippen LogP contribution in [0.5, 0.6) is 0 Å². The van der Waals surface area contributed by atoms with Crippen molar-refractivity contribution in [3.8, 4) is 0 Å². The summed E-state index contributed by atoms with van der Waals surface area (Å²) in [5.74, 6) is -0.105. The minimum absolute atomic E-state index is 0.105. The van der Waals surface area contributed by atoms with E-state index in [1.54, 1.807) is 0 Å². The van der Waals surface area contributed by atoms with Crippen molar-refractivity contribution in [3.63, 3.8) is 0 Å². The monoisotopic (exact) mass is 180 g/mol. The molecule has 72 valence electrons. The highest BCUT2D eigenvalue weighted by molar-refractivity contribution is 5.69. The lowest BCUT2D eigenvalue weighted by atomic mass is 10.0. The number of esters is 1. The van der Waals surface area contributed by atoms with Crippen LogP contribution < -0.4 is 0 Å². The number of allylic oxidation sites excluding steroid dienone is 4. The molecule has 0 fully saturated rings. The molecule has 0 heterocycles. The fourth-order valence-electron chi connectivity index (χ4n) is 1.41. The van der Waals surface area contributed by atoms with E-state index in [2.05, 4.69) is 23.0 Å². The first-order valence-electron chi connectivity index (χ1n) is 4.72. The predicted octanol–water partition coefficient (Wildman–Crippen LogP) is 2.61. The Bertz CT molecular complexity index is 226. The van der Waals surface area contributed by atoms with Gasteiger partial charge >= 0.3 is 5.97 Å². The van der Waals surface area contributed by atoms with Crippen LogP contribution in [0.25, 0.3) is 0 Å². The maximum atomic E-state index is 10.8. The fourth-order valence-corrected chi connectivity index (χ4v) is 1.41. The van der Waals surface area contributed by atoms with E-state index in [4.69, 9.17) is 0 Å². The van der Waals surface area contributed by atoms with Gasteiger partial charge in [-0.3, -0.25) is 4.79 Å². The van der Waals surface area contributed by atoms with Crippen molar-refractivity contribution in [1.29, 1.82) is 0 Å². The largest absolute Gasteiger partial charge is 0.469 e. The Morgan fingerprint density at radius 3 is 3.00 bits per heavy atom. The van der Waals surface area contributed by atoms with Crippen LogP contribution in [0.2, 0.25) is 0 Å². The Labute approximate surface area is 79.3 Å². The highest BCUT2D eigenvalue weighted by Gasteiger charge is 2.02. The second-order valence-corrected chi connectivity index (χ2v) is 3.20. The molecule has 1 aliphatic carbocycles. The number of hydrogen-bond donors (Lipinski definition) is 0. The maximum absolute atomic E-state index is 10.8. The number of carbonyl (C=O) groups is 1. The highest BCUT2D eigenvalue weighted by atomic mass is 16.5. The van der Waals surface area contributed by atoms with Crippen molar-refractivity contribution in [3.05, 3.63) is 23.8 Å². The van der Waals surface area contributed by atoms with Crippen molar-refractivity contribution in [2.75, 3.05) is 7.11 Å². The summed E-state index contributed by atoms with van der Waals surface area (Å²) in [5.41, 5.74) is 1.45. The van der Waals surface area contributed by atoms with E-state index < -0.39 is 0 Å². The standard InChI is InChI=1S/C11H16O2/c1-13-11(12)9-5-8-10-6-3-2-4-7-10/h2-3,7H,4-6,8-9H2,1H3. The summed E-state index contributed by atoms with van der Waals surface area (Å²) < 4.78 is 4.57. The van der Waals surface area contributed by atoms with E-state index in [9.17, 15) is 4.79 Å². The molecule has 0 amide bonds. The Balaban J connectivity index is 2.12. The molecule has 0 radical (unpaired) electrons. The third-order valence-corrected chi connectivity index (χ3v) is 2.20. The third-order valence-electron chi connectivity index (χ3n) is 2.20. The van der Waals surface area contributed by atoms with Crippen molar-refractivity contribution >= 4 is 5.97 Å². The van der Waals surface area contributed by atoms with Gasteiger partial charge in [0.25, 0.3) is 0 Å². The van der Waals surface area contributed by atoms with Gasteiger partial charge in [0.05, 0.1) is 7.11 Å². The first kappa shape index (κ1) is 10.0. The average Bonchev–Trinajstić information content (AvgIpc) is 2.19. The summed E-state index contributed by atoms with van der Waals surface area (Å²) >= 11 is 0. The van der Waals surface area contributed by atoms with E-state index in [1.807, 2.05) is 0 Å². The molecule has 2 heteroatoms. The molecule has 1 aliphatic rings. The number of carbonyl (C=O) groups excluding carboxylic acids is 1. The SMILES string of the molecule is COC(=O)CCCC1=CCC=CC1. The van der Waals surface area contributed by atoms with Gasteiger partial charge in [0.15, 0.2) is 0 Å². The van der Waals surface area contributed by atoms with Gasteiger partial charge < -0.3 is 4.74 Å². The maximum Gasteiger partial charge on any atom is 0.305 e. The van der Waals surface area contributed by atoms with Crippen molar-refractivity contribution in [1.82, 2.24) is 0 Å². The van der Waals surface area contributed by atoms with E-state index in [0.717, 1.165) is 25.7 Å². The summed E-state index contributed by atoms with van der Waals surface area (Å²) in [6.45, 7) is 0. The van der Waals surface area contributed by atoms with E-state index in [0.29, 0.717) is 6.42 Å². The molecular formula is C11H16O2. The summed E-state index contributed by atoms with van der Waals surface area (Å²) in [6.07, 6.45) is 11.2. The molecule has 0 atom stereocenters. The third kappa shape index (κ3) is 3.92. The minimum Gasteiger partial charge on any atom is -0.469 e. The molecule has 1 rings (SSSR count). The van der Waals surface area contributed by atoms with E-state index >= 15 is 0 Å². The van der Waals surface area contributed by atoms with Crippen LogP contribution in [0.4, 0.5) is 0 Å². The van der Waals surface area contributed by atoms with Gasteiger partial charge in [0.1, 0.15) is 0 Å². The van der Waals surface area contributed by atoms with Crippen molar-refractivity contribution < 1.29 is 9.53 Å². The highest BCUT2D eigenvalue weighted by Crippen LogP contribution is 2.17. The molecule has 2 nitrogen and oxygen atoms in total. The van der Waals surface area contributed by atoms with E-state index in [1.165, 1.54) is 12.7 Å². The normalized spacial score (nSPS) is 15.3. The Hall–Kier alpha value is -1.05. The molecule has 0 bridgehead atoms. The van der Waals surface area contributed by atoms with Gasteiger partial charge in [0.2, 0.25) is 0 Å². The molecule has 0 aromatic rings. The van der Waals surface area contributed by atoms with Crippen LogP contribution in [-0.2, 0) is 9.53 Å². The van der Waals surface area contributed by atoms with Crippen LogP contribution in [0, 0.1) is 0 Å². The first-order chi connectivity index (χ1) is 6.33. The number of methoxy groups -OCH3 is 1. The van der Waals surface area contributed by atoms with Gasteiger partial charge in [-0.05, 0) is 25.7 Å². The minimum atomic E-state index is -0.105. The zero-order valence-corrected chi connectivity index (χ0v) is 8.08. The Morgan fingerprint density at radius 1 is 1.54 bits per heavy atom. The molecule has 0 N–H and O–H groups in total. The smallest absolute Gasteiger partial charge is 0.305 e. The van der Waals surface area contributed by atoms with Crippen molar-refractivity contribution in [2.24, 2.45) is 0 Å². The van der Waals surface area contributed by atoms with Gasteiger partial charge in [-0.25, -0.2) is 0 Å². The molecule has 0 spiro atoms. The summed E-state index contributed by atoms with van der Waals surface area (Å²) in [7, 11) is 1.44. The second kappa shape index (κ2) is 5.57. The van der Waals surface area contributed by atoms with Gasteiger partial charge in [0, 0.05) is 6.42 Å². The quantitative estimate of drug-likeness (QED) is 0.491. The molecular weight excluding hydrogens is 164 g/mol. The number of hydrogen-bond acceptors (Lipinski definition) is 2. The summed E-state index contributed by atoms with van der Waals surface area (Å²) in [5, 5.41) is 0. The lowest BCUT2D eigenvalue weighted by Crippen LogP contribution is -1.99. The van der Waals surface area contributed by atoms with Crippen molar-refractivity contribution in [2.45, 2.75) is 32.1 Å². The topological polar surface area (TPSA) is 26.3 Å². The number of rotatable bonds is 4. The zero-order valence-electron chi connectivity index (χ0n) is 8.08. The van der Waals surface area contributed by atoms with Crippen LogP contribution in [0.15, 0.2) is 23.8 Å². The van der Waals surface area contributed by atoms with Gasteiger partial charge in [-0.1, -0.05) is 23.8 Å². The number of ether oxygens (including phenoxy) is 1.